The van der Waals surface area contributed by atoms with Crippen LogP contribution in [0.1, 0.15) is 5.56 Å². The van der Waals surface area contributed by atoms with Gasteiger partial charge in [-0.3, -0.25) is 0 Å². The molecular formula is C9H6ClF2NO4S. The first kappa shape index (κ1) is 14.5. The fourth-order valence-electron chi connectivity index (χ4n) is 1.23. The van der Waals surface area contributed by atoms with Crippen LogP contribution in [0.3, 0.4) is 0 Å². The van der Waals surface area contributed by atoms with Crippen LogP contribution in [0.4, 0.5) is 8.78 Å². The lowest BCUT2D eigenvalue weighted by molar-refractivity contribution is -0.0531. The number of nitrogens with zero attached hydrogens (tertiary/aromatic N) is 1. The smallest absolute Gasteiger partial charge is 0.387 e. The van der Waals surface area contributed by atoms with Gasteiger partial charge < -0.3 is 9.47 Å². The molecule has 0 N–H and O–H groups in total. The van der Waals surface area contributed by atoms with Crippen molar-refractivity contribution in [1.29, 1.82) is 5.26 Å². The van der Waals surface area contributed by atoms with Crippen molar-refractivity contribution in [2.75, 3.05) is 7.11 Å². The van der Waals surface area contributed by atoms with Gasteiger partial charge in [-0.05, 0) is 12.1 Å². The van der Waals surface area contributed by atoms with Crippen molar-refractivity contribution in [2.24, 2.45) is 0 Å². The molecule has 0 aliphatic heterocycles. The van der Waals surface area contributed by atoms with Gasteiger partial charge in [0.15, 0.2) is 11.5 Å². The van der Waals surface area contributed by atoms with Gasteiger partial charge in [-0.2, -0.15) is 14.0 Å². The van der Waals surface area contributed by atoms with Crippen molar-refractivity contribution in [3.8, 4) is 17.6 Å². The van der Waals surface area contributed by atoms with Gasteiger partial charge in [0, 0.05) is 10.7 Å². The molecule has 9 heteroatoms. The van der Waals surface area contributed by atoms with E-state index in [-0.39, 0.29) is 5.56 Å². The summed E-state index contributed by atoms with van der Waals surface area (Å²) in [6.45, 7) is -3.29. The molecule has 1 aromatic rings. The molecule has 5 nitrogen and oxygen atoms in total. The number of methoxy groups -OCH3 is 1. The summed E-state index contributed by atoms with van der Waals surface area (Å²) < 4.78 is 55.7. The first-order valence-corrected chi connectivity index (χ1v) is 6.62. The zero-order valence-corrected chi connectivity index (χ0v) is 10.4. The van der Waals surface area contributed by atoms with Crippen LogP contribution in [-0.2, 0) is 9.05 Å². The highest BCUT2D eigenvalue weighted by Crippen LogP contribution is 2.39. The van der Waals surface area contributed by atoms with Crippen molar-refractivity contribution in [3.05, 3.63) is 17.7 Å². The highest BCUT2D eigenvalue weighted by atomic mass is 35.7. The number of hydrogen-bond acceptors (Lipinski definition) is 5. The molecule has 1 aromatic carbocycles. The van der Waals surface area contributed by atoms with Crippen LogP contribution in [0.5, 0.6) is 11.5 Å². The molecule has 0 aromatic heterocycles. The van der Waals surface area contributed by atoms with E-state index in [4.69, 9.17) is 20.7 Å². The molecule has 1 rings (SSSR count). The Morgan fingerprint density at radius 1 is 1.39 bits per heavy atom. The van der Waals surface area contributed by atoms with Gasteiger partial charge in [-0.25, -0.2) is 8.42 Å². The third kappa shape index (κ3) is 3.00. The second-order valence-corrected chi connectivity index (χ2v) is 5.44. The Kier molecular flexibility index (Phi) is 4.32. The molecule has 0 spiro atoms. The van der Waals surface area contributed by atoms with Crippen LogP contribution < -0.4 is 9.47 Å². The normalized spacial score (nSPS) is 11.1. The summed E-state index contributed by atoms with van der Waals surface area (Å²) in [4.78, 5) is -0.694. The second-order valence-electron chi connectivity index (χ2n) is 2.90. The molecule has 0 saturated carbocycles. The lowest BCUT2D eigenvalue weighted by Gasteiger charge is -2.13. The van der Waals surface area contributed by atoms with E-state index in [2.05, 4.69) is 4.74 Å². The van der Waals surface area contributed by atoms with Gasteiger partial charge in [0.2, 0.25) is 0 Å². The maximum atomic E-state index is 12.2. The summed E-state index contributed by atoms with van der Waals surface area (Å²) in [6.07, 6.45) is 0. The fraction of sp³-hybridized carbons (Fsp3) is 0.222. The molecule has 98 valence electrons. The topological polar surface area (TPSA) is 76.4 Å². The molecule has 0 radical (unpaired) electrons. The van der Waals surface area contributed by atoms with E-state index < -0.39 is 32.1 Å². The summed E-state index contributed by atoms with van der Waals surface area (Å²) >= 11 is 0. The molecule has 0 saturated heterocycles. The predicted molar refractivity (Wildman–Crippen MR) is 57.4 cm³/mol. The molecule has 0 aliphatic rings. The third-order valence-electron chi connectivity index (χ3n) is 1.87. The van der Waals surface area contributed by atoms with E-state index in [0.717, 1.165) is 19.2 Å². The summed E-state index contributed by atoms with van der Waals surface area (Å²) in [6, 6.07) is 3.62. The first-order chi connectivity index (χ1) is 8.31. The maximum Gasteiger partial charge on any atom is 0.387 e. The standard InChI is InChI=1S/C9H6ClF2NO4S/c1-16-7-5(4-13)2-3-6(18(10,14)15)8(7)17-9(11)12/h2-3,9H,1H3. The van der Waals surface area contributed by atoms with E-state index in [1.165, 1.54) is 0 Å². The van der Waals surface area contributed by atoms with Crippen molar-refractivity contribution in [3.63, 3.8) is 0 Å². The summed E-state index contributed by atoms with van der Waals surface area (Å²) in [5, 5.41) is 8.75. The fourth-order valence-corrected chi connectivity index (χ4v) is 2.19. The molecule has 18 heavy (non-hydrogen) atoms. The van der Waals surface area contributed by atoms with Crippen LogP contribution in [-0.4, -0.2) is 22.1 Å². The van der Waals surface area contributed by atoms with Gasteiger partial charge in [0.1, 0.15) is 11.0 Å². The average molecular weight is 298 g/mol. The van der Waals surface area contributed by atoms with E-state index >= 15 is 0 Å². The number of nitriles is 1. The Labute approximate surface area is 106 Å². The Balaban J connectivity index is 3.61. The Bertz CT molecular complexity index is 597. The molecule has 0 aliphatic carbocycles. The predicted octanol–water partition coefficient (Wildman–Crippen LogP) is 2.10. The Morgan fingerprint density at radius 2 is 2.00 bits per heavy atom. The van der Waals surface area contributed by atoms with Crippen molar-refractivity contribution >= 4 is 19.7 Å². The van der Waals surface area contributed by atoms with E-state index in [9.17, 15) is 17.2 Å². The number of alkyl halides is 2. The van der Waals surface area contributed by atoms with Gasteiger partial charge in [-0.1, -0.05) is 0 Å². The number of rotatable bonds is 4. The first-order valence-electron chi connectivity index (χ1n) is 4.31. The number of halogens is 3. The van der Waals surface area contributed by atoms with E-state index in [1.807, 2.05) is 0 Å². The summed E-state index contributed by atoms with van der Waals surface area (Å²) in [7, 11) is 1.85. The molecule has 0 atom stereocenters. The summed E-state index contributed by atoms with van der Waals surface area (Å²) in [5.41, 5.74) is -0.155. The molecular weight excluding hydrogens is 292 g/mol. The monoisotopic (exact) mass is 297 g/mol. The van der Waals surface area contributed by atoms with Crippen molar-refractivity contribution < 1.29 is 26.7 Å². The minimum absolute atomic E-state index is 0.155. The molecule has 0 heterocycles. The van der Waals surface area contributed by atoms with Crippen LogP contribution in [0, 0.1) is 11.3 Å². The number of hydrogen-bond donors (Lipinski definition) is 0. The highest BCUT2D eigenvalue weighted by molar-refractivity contribution is 8.13. The Morgan fingerprint density at radius 3 is 2.39 bits per heavy atom. The van der Waals surface area contributed by atoms with Crippen molar-refractivity contribution in [1.82, 2.24) is 0 Å². The van der Waals surface area contributed by atoms with E-state index in [1.54, 1.807) is 6.07 Å². The minimum atomic E-state index is -4.31. The summed E-state index contributed by atoms with van der Waals surface area (Å²) in [5.74, 6) is -1.21. The SMILES string of the molecule is COc1c(C#N)ccc(S(=O)(=O)Cl)c1OC(F)F. The zero-order valence-electron chi connectivity index (χ0n) is 8.85. The lowest BCUT2D eigenvalue weighted by atomic mass is 10.2. The molecule has 0 unspecified atom stereocenters. The minimum Gasteiger partial charge on any atom is -0.492 e. The van der Waals surface area contributed by atoms with Crippen LogP contribution in [0.15, 0.2) is 17.0 Å². The highest BCUT2D eigenvalue weighted by Gasteiger charge is 2.25. The second kappa shape index (κ2) is 5.37. The molecule has 0 fully saturated rings. The van der Waals surface area contributed by atoms with Crippen molar-refractivity contribution in [2.45, 2.75) is 11.5 Å². The van der Waals surface area contributed by atoms with Gasteiger partial charge in [-0.15, -0.1) is 0 Å². The zero-order chi connectivity index (χ0) is 13.9. The molecule has 0 bridgehead atoms. The van der Waals surface area contributed by atoms with E-state index in [0.29, 0.717) is 0 Å². The molecule has 0 amide bonds. The lowest BCUT2D eigenvalue weighted by Crippen LogP contribution is -2.08. The number of benzene rings is 1. The third-order valence-corrected chi connectivity index (χ3v) is 3.22. The maximum absolute atomic E-state index is 12.2. The van der Waals surface area contributed by atoms with Gasteiger partial charge in [0.05, 0.1) is 12.7 Å². The Hall–Kier alpha value is -1.59. The quantitative estimate of drug-likeness (QED) is 0.795. The van der Waals surface area contributed by atoms with Gasteiger partial charge in [0.25, 0.3) is 9.05 Å². The van der Waals surface area contributed by atoms with Crippen LogP contribution >= 0.6 is 10.7 Å². The van der Waals surface area contributed by atoms with Crippen LogP contribution in [0.2, 0.25) is 0 Å². The van der Waals surface area contributed by atoms with Crippen LogP contribution in [0.25, 0.3) is 0 Å². The largest absolute Gasteiger partial charge is 0.492 e. The average Bonchev–Trinajstić information content (AvgIpc) is 2.25. The van der Waals surface area contributed by atoms with Gasteiger partial charge >= 0.3 is 6.61 Å². The number of ether oxygens (including phenoxy) is 2.